The van der Waals surface area contributed by atoms with E-state index in [2.05, 4.69) is 62.4 Å². The van der Waals surface area contributed by atoms with E-state index in [1.807, 2.05) is 55.5 Å². The van der Waals surface area contributed by atoms with Crippen LogP contribution in [-0.4, -0.2) is 165 Å². The molecule has 1 saturated heterocycles. The molecule has 6 N–H and O–H groups in total. The normalized spacial score (nSPS) is 11.6. The molecule has 1 heterocycles. The highest BCUT2D eigenvalue weighted by Gasteiger charge is 2.29. The number of hydrogen-bond donors (Lipinski definition) is 6. The van der Waals surface area contributed by atoms with Crippen LogP contribution >= 0.6 is 0 Å². The van der Waals surface area contributed by atoms with Crippen LogP contribution in [0, 0.1) is 12.8 Å². The van der Waals surface area contributed by atoms with Crippen molar-refractivity contribution >= 4 is 88.3 Å². The fourth-order valence-electron chi connectivity index (χ4n) is 15.9. The summed E-state index contributed by atoms with van der Waals surface area (Å²) in [5.41, 5.74) is 9.71. The summed E-state index contributed by atoms with van der Waals surface area (Å²) in [5.74, 6) is -3.84. The maximum Gasteiger partial charge on any atom is 0.343 e. The molecule has 28 nitrogen and oxygen atoms in total. The number of esters is 3. The number of ether oxygens (including phenoxy) is 6. The average Bonchev–Trinajstić information content (AvgIpc) is 0.838. The summed E-state index contributed by atoms with van der Waals surface area (Å²) in [5, 5.41) is 37.1. The minimum atomic E-state index is -1.16. The molecule has 0 aromatic heterocycles. The molecule has 6 amide bonds. The van der Waals surface area contributed by atoms with Gasteiger partial charge in [0, 0.05) is 65.3 Å². The van der Waals surface area contributed by atoms with E-state index in [4.69, 9.17) is 28.4 Å². The molecule has 0 saturated carbocycles. The number of likely N-dealkylation sites (tertiary alicyclic amines) is 1. The number of unbranched alkanes of at least 4 members (excludes halogenated alkanes) is 12. The summed E-state index contributed by atoms with van der Waals surface area (Å²) in [6, 6.07) is 75.3. The van der Waals surface area contributed by atoms with Gasteiger partial charge in [0.1, 0.15) is 54.1 Å². The summed E-state index contributed by atoms with van der Waals surface area (Å²) >= 11 is 0. The Kier molecular flexibility index (Phi) is 46.3. The fourth-order valence-corrected chi connectivity index (χ4v) is 15.9. The zero-order valence-corrected chi connectivity index (χ0v) is 84.5. The number of aryl methyl sites for hydroxylation is 2. The van der Waals surface area contributed by atoms with Gasteiger partial charge in [-0.15, -0.1) is 0 Å². The highest BCUT2D eigenvalue weighted by atomic mass is 16.5. The molecule has 0 unspecified atom stereocenters. The first-order valence-corrected chi connectivity index (χ1v) is 50.3. The van der Waals surface area contributed by atoms with Crippen molar-refractivity contribution in [3.63, 3.8) is 0 Å². The average molecular weight is 1990 g/mol. The number of carboxylic acids is 3. The van der Waals surface area contributed by atoms with Crippen LogP contribution in [0.4, 0.5) is 17.1 Å². The van der Waals surface area contributed by atoms with Crippen LogP contribution in [0.5, 0.6) is 34.5 Å². The Morgan fingerprint density at radius 3 is 0.856 bits per heavy atom. The number of rotatable bonds is 52. The molecule has 0 atom stereocenters. The fraction of sp³-hybridized carbons (Fsp3) is 0.339. The van der Waals surface area contributed by atoms with Crippen LogP contribution in [0.15, 0.2) is 267 Å². The molecule has 0 spiro atoms. The molecule has 11 aromatic carbocycles. The van der Waals surface area contributed by atoms with Crippen molar-refractivity contribution in [3.8, 4) is 34.5 Å². The standard InChI is InChI=1S/C40H44N2O7.C39H49N3O7.C39H42N2O7/c1-3-5-6-7-8-25-48-35-23-17-33(18-24-35)40(47)49-36-21-13-31(14-22-36)27-42(28-38(44)45)39(46)32-15-19-34(20-16-32)41-37(43)26-30-11-9-29(4-2)10-12-30;1-4-5-6-7-8-25-48-34-19-13-32(14-20-34)39(47)49-35-17-9-29(10-18-35)26-42(27-36(43)44)38(46)31-11-15-33(16-12-31)40-37(45)30-21-23-41(24-22-30)28(2)3;1-3-4-5-6-7-24-47-34-22-16-32(17-23-34)39(46)48-35-20-12-30(13-21-35)26-41(27-37(43)44)38(45)31-14-18-33(19-15-31)40-36(42)25-29-10-8-28(2)9-11-29/h9-24H,3-8,25-28H2,1-2H3,(H,41,43)(H,44,45);9-20,28,30H,4-8,21-27H2,1-3H3,(H,40,45)(H,43,44);8-23H,3-7,24-27H2,1-2H3,(H,40,42)(H,43,44). The Balaban J connectivity index is 0.000000224. The van der Waals surface area contributed by atoms with Crippen LogP contribution in [0.25, 0.3) is 0 Å². The molecule has 1 fully saturated rings. The predicted octanol–water partition coefficient (Wildman–Crippen LogP) is 22.2. The third-order valence-corrected chi connectivity index (χ3v) is 24.3. The van der Waals surface area contributed by atoms with Gasteiger partial charge in [-0.2, -0.15) is 0 Å². The maximum absolute atomic E-state index is 13.3. The van der Waals surface area contributed by atoms with Gasteiger partial charge in [0.05, 0.1) is 49.4 Å². The van der Waals surface area contributed by atoms with Crippen LogP contribution in [-0.2, 0) is 67.7 Å². The van der Waals surface area contributed by atoms with E-state index in [0.717, 1.165) is 87.6 Å². The molecule has 1 aliphatic rings. The number of amides is 6. The number of carbonyl (C=O) groups excluding carboxylic acids is 9. The molecule has 1 aliphatic heterocycles. The first kappa shape index (κ1) is 112. The van der Waals surface area contributed by atoms with Crippen molar-refractivity contribution in [2.24, 2.45) is 5.92 Å². The molecular weight excluding hydrogens is 1850 g/mol. The van der Waals surface area contributed by atoms with E-state index in [-0.39, 0.29) is 67.2 Å². The second-order valence-corrected chi connectivity index (χ2v) is 36.4. The molecule has 28 heteroatoms. The Labute approximate surface area is 855 Å². The second kappa shape index (κ2) is 60.1. The lowest BCUT2D eigenvalue weighted by Crippen LogP contribution is -2.41. The van der Waals surface area contributed by atoms with Crippen LogP contribution in [0.2, 0.25) is 0 Å². The lowest BCUT2D eigenvalue weighted by molar-refractivity contribution is -0.138. The molecule has 146 heavy (non-hydrogen) atoms. The number of hydrogen-bond acceptors (Lipinski definition) is 19. The molecule has 0 bridgehead atoms. The minimum absolute atomic E-state index is 0.0223. The van der Waals surface area contributed by atoms with Gasteiger partial charge in [-0.05, 0) is 288 Å². The van der Waals surface area contributed by atoms with Crippen molar-refractivity contribution in [1.29, 1.82) is 0 Å². The topological polar surface area (TPSA) is 370 Å². The summed E-state index contributed by atoms with van der Waals surface area (Å²) in [6.45, 7) is 17.2. The lowest BCUT2D eigenvalue weighted by atomic mass is 9.95. The number of carboxylic acid groups (broad SMARTS) is 3. The Morgan fingerprint density at radius 1 is 0.315 bits per heavy atom. The Bertz CT molecular complexity index is 6000. The van der Waals surface area contributed by atoms with Gasteiger partial charge < -0.3 is 79.3 Å². The third kappa shape index (κ3) is 39.3. The highest BCUT2D eigenvalue weighted by Crippen LogP contribution is 2.28. The highest BCUT2D eigenvalue weighted by molar-refractivity contribution is 6.01. The SMILES string of the molecule is CCCCCCCOc1ccc(C(=O)Oc2ccc(CN(CC(=O)O)C(=O)c3ccc(NC(=O)C4CCN(C(C)C)CC4)cc3)cc2)cc1.CCCCCCCOc1ccc(C(=O)Oc2ccc(CN(CC(=O)O)C(=O)c3ccc(NC(=O)Cc4ccc(C)cc4)cc3)cc2)cc1.CCCCCCCOc1ccc(C(=O)Oc2ccc(CN(CC(=O)O)C(=O)c3ccc(NC(=O)Cc4ccc(CC)cc4)cc3)cc2)cc1. The smallest absolute Gasteiger partial charge is 0.343 e. The molecular formula is C118H135N7O21. The number of piperidine rings is 1. The van der Waals surface area contributed by atoms with Gasteiger partial charge in [0.2, 0.25) is 17.7 Å². The first-order valence-electron chi connectivity index (χ1n) is 50.3. The quantitative estimate of drug-likeness (QED) is 0.0117. The van der Waals surface area contributed by atoms with Crippen molar-refractivity contribution in [1.82, 2.24) is 19.6 Å². The van der Waals surface area contributed by atoms with E-state index in [9.17, 15) is 72.9 Å². The second-order valence-electron chi connectivity index (χ2n) is 36.4. The number of benzene rings is 11. The molecule has 11 aromatic rings. The van der Waals surface area contributed by atoms with Crippen LogP contribution in [0.1, 0.15) is 252 Å². The first-order chi connectivity index (χ1) is 70.5. The largest absolute Gasteiger partial charge is 0.494 e. The van der Waals surface area contributed by atoms with Crippen molar-refractivity contribution < 1.29 is 101 Å². The zero-order chi connectivity index (χ0) is 104. The zero-order valence-electron chi connectivity index (χ0n) is 84.5. The van der Waals surface area contributed by atoms with E-state index in [1.165, 1.54) is 78.1 Å². The predicted molar refractivity (Wildman–Crippen MR) is 562 cm³/mol. The minimum Gasteiger partial charge on any atom is -0.494 e. The molecule has 12 rings (SSSR count). The van der Waals surface area contributed by atoms with E-state index in [0.29, 0.717) is 116 Å². The van der Waals surface area contributed by atoms with Gasteiger partial charge >= 0.3 is 35.8 Å². The monoisotopic (exact) mass is 1990 g/mol. The summed E-state index contributed by atoms with van der Waals surface area (Å²) in [6.07, 6.45) is 20.3. The molecule has 768 valence electrons. The summed E-state index contributed by atoms with van der Waals surface area (Å²) in [4.78, 5) is 157. The van der Waals surface area contributed by atoms with Crippen molar-refractivity contribution in [3.05, 3.63) is 339 Å². The van der Waals surface area contributed by atoms with E-state index < -0.39 is 73.2 Å². The van der Waals surface area contributed by atoms with Gasteiger partial charge in [-0.25, -0.2) is 14.4 Å². The van der Waals surface area contributed by atoms with Gasteiger partial charge in [0.15, 0.2) is 0 Å². The van der Waals surface area contributed by atoms with Crippen molar-refractivity contribution in [2.75, 3.05) is 68.5 Å². The van der Waals surface area contributed by atoms with Gasteiger partial charge in [-0.1, -0.05) is 195 Å². The number of aliphatic carboxylic acids is 3. The number of carbonyl (C=O) groups is 12. The Morgan fingerprint density at radius 2 is 0.575 bits per heavy atom. The molecule has 0 aliphatic carbocycles. The number of nitrogens with one attached hydrogen (secondary N) is 3. The van der Waals surface area contributed by atoms with Crippen molar-refractivity contribution in [2.45, 2.75) is 203 Å². The lowest BCUT2D eigenvalue weighted by Gasteiger charge is -2.33. The van der Waals surface area contributed by atoms with Crippen LogP contribution in [0.3, 0.4) is 0 Å². The Hall–Kier alpha value is -15.6. The molecule has 0 radical (unpaired) electrons. The maximum atomic E-state index is 13.3. The summed E-state index contributed by atoms with van der Waals surface area (Å²) in [7, 11) is 0. The van der Waals surface area contributed by atoms with E-state index in [1.54, 1.807) is 218 Å². The number of nitrogens with zero attached hydrogens (tertiary/aromatic N) is 4. The van der Waals surface area contributed by atoms with Gasteiger partial charge in [0.25, 0.3) is 17.7 Å². The van der Waals surface area contributed by atoms with Crippen LogP contribution < -0.4 is 44.4 Å². The van der Waals surface area contributed by atoms with Gasteiger partial charge in [-0.3, -0.25) is 43.2 Å². The summed E-state index contributed by atoms with van der Waals surface area (Å²) < 4.78 is 33.8. The number of anilines is 3. The van der Waals surface area contributed by atoms with E-state index >= 15 is 0 Å². The third-order valence-electron chi connectivity index (χ3n) is 24.3.